The van der Waals surface area contributed by atoms with Crippen molar-refractivity contribution in [2.24, 2.45) is 17.1 Å². The first-order valence-electron chi connectivity index (χ1n) is 7.93. The molecule has 0 spiro atoms. The van der Waals surface area contributed by atoms with E-state index in [1.165, 1.54) is 38.6 Å². The van der Waals surface area contributed by atoms with Crippen LogP contribution in [0.2, 0.25) is 0 Å². The molecule has 19 heavy (non-hydrogen) atoms. The molecule has 0 amide bonds. The summed E-state index contributed by atoms with van der Waals surface area (Å²) in [6.07, 6.45) is 6.64. The van der Waals surface area contributed by atoms with Crippen LogP contribution in [0.5, 0.6) is 0 Å². The normalized spacial score (nSPS) is 18.0. The summed E-state index contributed by atoms with van der Waals surface area (Å²) in [6.45, 7) is 10.8. The van der Waals surface area contributed by atoms with Gasteiger partial charge in [0.15, 0.2) is 0 Å². The quantitative estimate of drug-likeness (QED) is 0.587. The first kappa shape index (κ1) is 16.9. The van der Waals surface area contributed by atoms with E-state index in [2.05, 4.69) is 25.7 Å². The lowest BCUT2D eigenvalue weighted by atomic mass is 9.87. The molecule has 0 aromatic carbocycles. The number of nitrogens with two attached hydrogens (primary N) is 1. The molecule has 1 atom stereocenters. The van der Waals surface area contributed by atoms with E-state index in [1.54, 1.807) is 7.11 Å². The monoisotopic (exact) mass is 270 g/mol. The Bertz CT molecular complexity index is 239. The molecule has 0 aromatic rings. The topological polar surface area (TPSA) is 38.5 Å². The average Bonchev–Trinajstić information content (AvgIpc) is 3.21. The molecule has 1 aliphatic rings. The zero-order valence-electron chi connectivity index (χ0n) is 13.5. The summed E-state index contributed by atoms with van der Waals surface area (Å²) in [6, 6.07) is 0.734. The molecule has 2 N–H and O–H groups in total. The molecule has 1 saturated carbocycles. The van der Waals surface area contributed by atoms with Gasteiger partial charge in [-0.1, -0.05) is 20.3 Å². The van der Waals surface area contributed by atoms with Crippen LogP contribution in [0.3, 0.4) is 0 Å². The van der Waals surface area contributed by atoms with Crippen molar-refractivity contribution in [1.82, 2.24) is 4.90 Å². The maximum atomic E-state index is 5.78. The van der Waals surface area contributed by atoms with Crippen molar-refractivity contribution in [3.05, 3.63) is 0 Å². The summed E-state index contributed by atoms with van der Waals surface area (Å²) in [5.74, 6) is 0.942. The Morgan fingerprint density at radius 3 is 2.47 bits per heavy atom. The van der Waals surface area contributed by atoms with Gasteiger partial charge in [0.2, 0.25) is 0 Å². The summed E-state index contributed by atoms with van der Waals surface area (Å²) in [5.41, 5.74) is 6.09. The highest BCUT2D eigenvalue weighted by Gasteiger charge is 2.31. The van der Waals surface area contributed by atoms with Gasteiger partial charge in [0.1, 0.15) is 0 Å². The molecule has 0 radical (unpaired) electrons. The second-order valence-electron chi connectivity index (χ2n) is 6.93. The van der Waals surface area contributed by atoms with E-state index in [0.717, 1.165) is 31.7 Å². The van der Waals surface area contributed by atoms with Gasteiger partial charge in [0, 0.05) is 19.7 Å². The van der Waals surface area contributed by atoms with Gasteiger partial charge in [0.05, 0.1) is 6.61 Å². The minimum Gasteiger partial charge on any atom is -0.383 e. The zero-order chi connectivity index (χ0) is 14.3. The van der Waals surface area contributed by atoms with Gasteiger partial charge in [0.25, 0.3) is 0 Å². The lowest BCUT2D eigenvalue weighted by molar-refractivity contribution is 0.114. The Balaban J connectivity index is 2.23. The summed E-state index contributed by atoms with van der Waals surface area (Å²) in [4.78, 5) is 2.62. The van der Waals surface area contributed by atoms with E-state index in [-0.39, 0.29) is 0 Å². The highest BCUT2D eigenvalue weighted by atomic mass is 16.5. The number of nitrogens with zero attached hydrogens (tertiary/aromatic N) is 1. The maximum absolute atomic E-state index is 5.78. The molecule has 3 heteroatoms. The van der Waals surface area contributed by atoms with Crippen molar-refractivity contribution in [2.45, 2.75) is 58.9 Å². The van der Waals surface area contributed by atoms with E-state index in [0.29, 0.717) is 5.41 Å². The van der Waals surface area contributed by atoms with Crippen LogP contribution in [0.1, 0.15) is 52.9 Å². The molecule has 1 fully saturated rings. The van der Waals surface area contributed by atoms with Crippen LogP contribution >= 0.6 is 0 Å². The fourth-order valence-corrected chi connectivity index (χ4v) is 2.62. The number of unbranched alkanes of at least 4 members (excludes halogenated alkanes) is 1. The second-order valence-corrected chi connectivity index (χ2v) is 6.93. The lowest BCUT2D eigenvalue weighted by Gasteiger charge is -2.29. The predicted molar refractivity (Wildman–Crippen MR) is 82.3 cm³/mol. The number of rotatable bonds is 11. The first-order valence-corrected chi connectivity index (χ1v) is 7.93. The molecule has 1 aliphatic carbocycles. The van der Waals surface area contributed by atoms with Gasteiger partial charge in [-0.3, -0.25) is 4.90 Å². The van der Waals surface area contributed by atoms with E-state index in [9.17, 15) is 0 Å². The third kappa shape index (κ3) is 6.73. The SMILES string of the molecule is COCCN(CCCCC(C)(C)CN)C(C)C1CC1. The Hall–Kier alpha value is -0.120. The van der Waals surface area contributed by atoms with Crippen molar-refractivity contribution in [3.8, 4) is 0 Å². The first-order chi connectivity index (χ1) is 9.00. The Kier molecular flexibility index (Phi) is 7.33. The lowest BCUT2D eigenvalue weighted by Crippen LogP contribution is -2.38. The molecule has 0 saturated heterocycles. The molecule has 0 aromatic heterocycles. The molecular weight excluding hydrogens is 236 g/mol. The van der Waals surface area contributed by atoms with Crippen LogP contribution in [0.4, 0.5) is 0 Å². The van der Waals surface area contributed by atoms with E-state index in [1.807, 2.05) is 0 Å². The fourth-order valence-electron chi connectivity index (χ4n) is 2.62. The van der Waals surface area contributed by atoms with Crippen LogP contribution in [0, 0.1) is 11.3 Å². The maximum Gasteiger partial charge on any atom is 0.0589 e. The van der Waals surface area contributed by atoms with E-state index in [4.69, 9.17) is 10.5 Å². The van der Waals surface area contributed by atoms with E-state index < -0.39 is 0 Å². The summed E-state index contributed by atoms with van der Waals surface area (Å²) >= 11 is 0. The standard InChI is InChI=1S/C16H34N2O/c1-14(15-7-8-15)18(11-12-19-4)10-6-5-9-16(2,3)13-17/h14-15H,5-13,17H2,1-4H3. The van der Waals surface area contributed by atoms with E-state index >= 15 is 0 Å². The third-order valence-electron chi connectivity index (χ3n) is 4.56. The average molecular weight is 270 g/mol. The van der Waals surface area contributed by atoms with Gasteiger partial charge in [-0.05, 0) is 57.0 Å². The fraction of sp³-hybridized carbons (Fsp3) is 1.00. The highest BCUT2D eigenvalue weighted by molar-refractivity contribution is 4.85. The van der Waals surface area contributed by atoms with Crippen molar-refractivity contribution in [2.75, 3.05) is 33.4 Å². The van der Waals surface area contributed by atoms with Gasteiger partial charge in [-0.2, -0.15) is 0 Å². The second kappa shape index (κ2) is 8.23. The minimum absolute atomic E-state index is 0.305. The summed E-state index contributed by atoms with van der Waals surface area (Å²) in [5, 5.41) is 0. The number of methoxy groups -OCH3 is 1. The van der Waals surface area contributed by atoms with Gasteiger partial charge in [-0.15, -0.1) is 0 Å². The smallest absolute Gasteiger partial charge is 0.0589 e. The molecule has 0 aliphatic heterocycles. The Labute approximate surface area is 119 Å². The number of ether oxygens (including phenoxy) is 1. The Morgan fingerprint density at radius 2 is 1.95 bits per heavy atom. The van der Waals surface area contributed by atoms with Crippen molar-refractivity contribution in [3.63, 3.8) is 0 Å². The van der Waals surface area contributed by atoms with Crippen LogP contribution in [0.15, 0.2) is 0 Å². The summed E-state index contributed by atoms with van der Waals surface area (Å²) in [7, 11) is 1.80. The zero-order valence-corrected chi connectivity index (χ0v) is 13.5. The molecule has 1 rings (SSSR count). The summed E-state index contributed by atoms with van der Waals surface area (Å²) < 4.78 is 5.24. The van der Waals surface area contributed by atoms with Crippen LogP contribution < -0.4 is 5.73 Å². The number of hydrogen-bond acceptors (Lipinski definition) is 3. The van der Waals surface area contributed by atoms with Crippen LogP contribution in [-0.4, -0.2) is 44.3 Å². The third-order valence-corrected chi connectivity index (χ3v) is 4.56. The molecule has 0 bridgehead atoms. The molecule has 3 nitrogen and oxygen atoms in total. The van der Waals surface area contributed by atoms with Gasteiger partial charge >= 0.3 is 0 Å². The van der Waals surface area contributed by atoms with Crippen molar-refractivity contribution >= 4 is 0 Å². The van der Waals surface area contributed by atoms with Gasteiger partial charge < -0.3 is 10.5 Å². The minimum atomic E-state index is 0.305. The molecule has 114 valence electrons. The van der Waals surface area contributed by atoms with Crippen molar-refractivity contribution in [1.29, 1.82) is 0 Å². The largest absolute Gasteiger partial charge is 0.383 e. The van der Waals surface area contributed by atoms with Gasteiger partial charge in [-0.25, -0.2) is 0 Å². The predicted octanol–water partition coefficient (Wildman–Crippen LogP) is 2.89. The van der Waals surface area contributed by atoms with Crippen molar-refractivity contribution < 1.29 is 4.74 Å². The van der Waals surface area contributed by atoms with Crippen LogP contribution in [0.25, 0.3) is 0 Å². The molecule has 1 unspecified atom stereocenters. The molecule has 0 heterocycles. The highest BCUT2D eigenvalue weighted by Crippen LogP contribution is 2.35. The molecular formula is C16H34N2O. The number of hydrogen-bond donors (Lipinski definition) is 1. The van der Waals surface area contributed by atoms with Crippen LogP contribution in [-0.2, 0) is 4.74 Å². The Morgan fingerprint density at radius 1 is 1.26 bits per heavy atom.